The molecule has 0 aromatic heterocycles. The van der Waals surface area contributed by atoms with Crippen LogP contribution in [0.15, 0.2) is 36.4 Å². The van der Waals surface area contributed by atoms with Gasteiger partial charge >= 0.3 is 0 Å². The van der Waals surface area contributed by atoms with Crippen LogP contribution < -0.4 is 0 Å². The molecule has 0 amide bonds. The monoisotopic (exact) mass is 360 g/mol. The van der Waals surface area contributed by atoms with E-state index in [9.17, 15) is 0 Å². The van der Waals surface area contributed by atoms with E-state index in [0.29, 0.717) is 0 Å². The molecule has 25 heavy (non-hydrogen) atoms. The van der Waals surface area contributed by atoms with Gasteiger partial charge in [0, 0.05) is 0 Å². The molecule has 0 radical (unpaired) electrons. The second-order valence-corrected chi connectivity index (χ2v) is 11.9. The molecule has 1 aromatic carbocycles. The predicted molar refractivity (Wildman–Crippen MR) is 116 cm³/mol. The Kier molecular flexibility index (Phi) is 9.74. The van der Waals surface area contributed by atoms with Crippen molar-refractivity contribution >= 4 is 13.9 Å². The standard InChI is InChI=1S/C23H40OSi/c1-7-21(22-17-14-13-15-18-22)19-16-20-23(8-2,9-3)24-25(10-4,11-5)12-6/h13-15,17-19H,7-12,16,20H2,1-6H3/b21-19+. The second-order valence-electron chi connectivity index (χ2n) is 7.22. The number of hydrogen-bond donors (Lipinski definition) is 0. The minimum absolute atomic E-state index is 0.0697. The van der Waals surface area contributed by atoms with E-state index in [2.05, 4.69) is 78.0 Å². The Labute approximate surface area is 158 Å². The van der Waals surface area contributed by atoms with E-state index in [4.69, 9.17) is 4.43 Å². The van der Waals surface area contributed by atoms with Crippen molar-refractivity contribution in [2.75, 3.05) is 0 Å². The first-order valence-electron chi connectivity index (χ1n) is 10.5. The second kappa shape index (κ2) is 11.0. The predicted octanol–water partition coefficient (Wildman–Crippen LogP) is 7.84. The quantitative estimate of drug-likeness (QED) is 0.345. The molecule has 0 aliphatic heterocycles. The van der Waals surface area contributed by atoms with Crippen LogP contribution in [0.5, 0.6) is 0 Å². The topological polar surface area (TPSA) is 9.23 Å². The van der Waals surface area contributed by atoms with E-state index < -0.39 is 8.32 Å². The highest BCUT2D eigenvalue weighted by molar-refractivity contribution is 6.73. The largest absolute Gasteiger partial charge is 0.411 e. The molecule has 142 valence electrons. The molecule has 0 bridgehead atoms. The molecule has 2 heteroatoms. The van der Waals surface area contributed by atoms with Crippen LogP contribution in [-0.2, 0) is 4.43 Å². The summed E-state index contributed by atoms with van der Waals surface area (Å²) in [5, 5.41) is 0. The molecule has 1 rings (SSSR count). The third-order valence-corrected chi connectivity index (χ3v) is 10.9. The minimum Gasteiger partial charge on any atom is -0.411 e. The highest BCUT2D eigenvalue weighted by Gasteiger charge is 2.38. The molecule has 0 aliphatic carbocycles. The van der Waals surface area contributed by atoms with Crippen molar-refractivity contribution in [3.63, 3.8) is 0 Å². The summed E-state index contributed by atoms with van der Waals surface area (Å²) in [6.07, 6.45) is 8.05. The first kappa shape index (κ1) is 22.2. The van der Waals surface area contributed by atoms with Crippen molar-refractivity contribution < 1.29 is 4.43 Å². The van der Waals surface area contributed by atoms with Gasteiger partial charge in [0.05, 0.1) is 5.60 Å². The summed E-state index contributed by atoms with van der Waals surface area (Å²) >= 11 is 0. The summed E-state index contributed by atoms with van der Waals surface area (Å²) in [6, 6.07) is 14.5. The lowest BCUT2D eigenvalue weighted by Crippen LogP contribution is -2.46. The molecule has 0 saturated carbocycles. The molecule has 1 nitrogen and oxygen atoms in total. The van der Waals surface area contributed by atoms with E-state index >= 15 is 0 Å². The summed E-state index contributed by atoms with van der Waals surface area (Å²) in [5.74, 6) is 0. The Morgan fingerprint density at radius 1 is 0.920 bits per heavy atom. The normalized spacial score (nSPS) is 13.3. The molecular formula is C23H40OSi. The molecule has 0 spiro atoms. The van der Waals surface area contributed by atoms with Crippen LogP contribution in [0.2, 0.25) is 18.1 Å². The van der Waals surface area contributed by atoms with Crippen molar-refractivity contribution in [1.29, 1.82) is 0 Å². The summed E-state index contributed by atoms with van der Waals surface area (Å²) in [5.41, 5.74) is 2.90. The lowest BCUT2D eigenvalue weighted by molar-refractivity contribution is 0.0397. The lowest BCUT2D eigenvalue weighted by Gasteiger charge is -2.42. The van der Waals surface area contributed by atoms with Crippen LogP contribution in [0.3, 0.4) is 0 Å². The van der Waals surface area contributed by atoms with Crippen molar-refractivity contribution in [1.82, 2.24) is 0 Å². The van der Waals surface area contributed by atoms with Gasteiger partial charge in [0.25, 0.3) is 0 Å². The molecule has 0 saturated heterocycles. The van der Waals surface area contributed by atoms with Gasteiger partial charge in [0.2, 0.25) is 0 Å². The molecule has 0 heterocycles. The highest BCUT2D eigenvalue weighted by atomic mass is 28.4. The minimum atomic E-state index is -1.56. The summed E-state index contributed by atoms with van der Waals surface area (Å²) in [6.45, 7) is 13.9. The Morgan fingerprint density at radius 3 is 1.92 bits per heavy atom. The van der Waals surface area contributed by atoms with Crippen LogP contribution in [0, 0.1) is 0 Å². The van der Waals surface area contributed by atoms with Gasteiger partial charge in [0.15, 0.2) is 8.32 Å². The van der Waals surface area contributed by atoms with Gasteiger partial charge in [-0.25, -0.2) is 0 Å². The summed E-state index contributed by atoms with van der Waals surface area (Å²) in [4.78, 5) is 0. The van der Waals surface area contributed by atoms with Crippen molar-refractivity contribution in [2.45, 2.75) is 97.4 Å². The van der Waals surface area contributed by atoms with Crippen LogP contribution in [0.4, 0.5) is 0 Å². The fraction of sp³-hybridized carbons (Fsp3) is 0.652. The van der Waals surface area contributed by atoms with Crippen molar-refractivity contribution in [3.8, 4) is 0 Å². The summed E-state index contributed by atoms with van der Waals surface area (Å²) < 4.78 is 7.00. The van der Waals surface area contributed by atoms with Crippen molar-refractivity contribution in [3.05, 3.63) is 42.0 Å². The fourth-order valence-corrected chi connectivity index (χ4v) is 7.10. The Balaban J connectivity index is 2.88. The molecule has 1 aromatic rings. The van der Waals surface area contributed by atoms with Crippen molar-refractivity contribution in [2.24, 2.45) is 0 Å². The molecule has 0 unspecified atom stereocenters. The first-order valence-corrected chi connectivity index (χ1v) is 13.0. The molecule has 0 aliphatic rings. The Hall–Kier alpha value is -0.863. The number of rotatable bonds is 12. The average molecular weight is 361 g/mol. The maximum atomic E-state index is 7.00. The van der Waals surface area contributed by atoms with Gasteiger partial charge in [0.1, 0.15) is 0 Å². The smallest absolute Gasteiger partial charge is 0.192 e. The van der Waals surface area contributed by atoms with Gasteiger partial charge in [-0.3, -0.25) is 0 Å². The van der Waals surface area contributed by atoms with Crippen LogP contribution in [0.25, 0.3) is 5.57 Å². The van der Waals surface area contributed by atoms with Crippen LogP contribution in [-0.4, -0.2) is 13.9 Å². The van der Waals surface area contributed by atoms with Gasteiger partial charge in [-0.05, 0) is 61.4 Å². The van der Waals surface area contributed by atoms with E-state index in [0.717, 1.165) is 32.1 Å². The molecular weight excluding hydrogens is 320 g/mol. The highest BCUT2D eigenvalue weighted by Crippen LogP contribution is 2.35. The third-order valence-electron chi connectivity index (χ3n) is 6.17. The number of allylic oxidation sites excluding steroid dienone is 2. The van der Waals surface area contributed by atoms with Gasteiger partial charge in [-0.2, -0.15) is 0 Å². The van der Waals surface area contributed by atoms with Crippen LogP contribution >= 0.6 is 0 Å². The van der Waals surface area contributed by atoms with E-state index in [1.54, 1.807) is 0 Å². The maximum absolute atomic E-state index is 7.00. The maximum Gasteiger partial charge on any atom is 0.192 e. The fourth-order valence-electron chi connectivity index (χ4n) is 3.85. The SMILES string of the molecule is CC/C(=C\CCC(CC)(CC)O[Si](CC)(CC)CC)c1ccccc1. The Morgan fingerprint density at radius 2 is 1.48 bits per heavy atom. The first-order chi connectivity index (χ1) is 12.0. The molecule has 0 atom stereocenters. The van der Waals surface area contributed by atoms with E-state index in [1.807, 2.05) is 0 Å². The van der Waals surface area contributed by atoms with E-state index in [1.165, 1.54) is 29.3 Å². The van der Waals surface area contributed by atoms with Crippen LogP contribution in [0.1, 0.15) is 79.2 Å². The Bertz CT molecular complexity index is 490. The third kappa shape index (κ3) is 6.11. The van der Waals surface area contributed by atoms with Gasteiger partial charge in [-0.15, -0.1) is 0 Å². The van der Waals surface area contributed by atoms with Gasteiger partial charge < -0.3 is 4.43 Å². The molecule has 0 N–H and O–H groups in total. The zero-order valence-corrected chi connectivity index (χ0v) is 18.5. The average Bonchev–Trinajstić information content (AvgIpc) is 2.69. The zero-order valence-electron chi connectivity index (χ0n) is 17.5. The number of benzene rings is 1. The van der Waals surface area contributed by atoms with Gasteiger partial charge in [-0.1, -0.05) is 78.0 Å². The zero-order chi connectivity index (χ0) is 18.8. The lowest BCUT2D eigenvalue weighted by atomic mass is 9.90. The molecule has 0 fully saturated rings. The van der Waals surface area contributed by atoms with E-state index in [-0.39, 0.29) is 5.60 Å². The summed E-state index contributed by atoms with van der Waals surface area (Å²) in [7, 11) is -1.56. The number of hydrogen-bond acceptors (Lipinski definition) is 1.